The molecule has 0 saturated heterocycles. The number of allylic oxidation sites excluding steroid dienone is 2. The van der Waals surface area contributed by atoms with Gasteiger partial charge in [0.2, 0.25) is 0 Å². The van der Waals surface area contributed by atoms with Gasteiger partial charge in [0.25, 0.3) is 0 Å². The van der Waals surface area contributed by atoms with Gasteiger partial charge in [0.1, 0.15) is 0 Å². The topological polar surface area (TPSA) is 95.2 Å². The molecule has 0 bridgehead atoms. The van der Waals surface area contributed by atoms with Crippen molar-refractivity contribution in [3.8, 4) is 24.3 Å². The molecule has 0 fully saturated rings. The van der Waals surface area contributed by atoms with Gasteiger partial charge in [0.05, 0.1) is 24.3 Å². The van der Waals surface area contributed by atoms with Crippen LogP contribution in [0.15, 0.2) is 12.2 Å². The molecule has 0 rings (SSSR count). The lowest BCUT2D eigenvalue weighted by molar-refractivity contribution is 0.625. The summed E-state index contributed by atoms with van der Waals surface area (Å²) in [4.78, 5) is 0. The second-order valence-corrected chi connectivity index (χ2v) is 2.67. The first-order chi connectivity index (χ1) is 7.22. The van der Waals surface area contributed by atoms with E-state index in [-0.39, 0.29) is 5.92 Å². The minimum absolute atomic E-state index is 0.110. The Hall–Kier alpha value is -2.30. The first kappa shape index (κ1) is 15.2. The van der Waals surface area contributed by atoms with Crippen LogP contribution < -0.4 is 0 Å². The molecule has 0 spiro atoms. The van der Waals surface area contributed by atoms with Gasteiger partial charge >= 0.3 is 0 Å². The maximum Gasteiger partial charge on any atom is 0.0919 e. The first-order valence-electron chi connectivity index (χ1n) is 4.43. The number of nitrogens with zero attached hydrogens (tertiary/aromatic N) is 4. The lowest BCUT2D eigenvalue weighted by atomic mass is 10.1. The van der Waals surface area contributed by atoms with Gasteiger partial charge in [-0.2, -0.15) is 21.0 Å². The van der Waals surface area contributed by atoms with Gasteiger partial charge in [0, 0.05) is 24.5 Å². The molecule has 0 saturated carbocycles. The monoisotopic (exact) mass is 200 g/mol. The lowest BCUT2D eigenvalue weighted by Gasteiger charge is -1.95. The van der Waals surface area contributed by atoms with Crippen LogP contribution in [-0.4, -0.2) is 0 Å². The standard InChI is InChI=1S/C7H10N2.C4H2N2/c1-7(6-9)4-2-3-5-8;5-3-1-2-4-6/h7H,2-4H2,1H3;1-2H/b;2-1+. The fourth-order valence-corrected chi connectivity index (χ4v) is 0.626. The Morgan fingerprint density at radius 2 is 1.60 bits per heavy atom. The molecular weight excluding hydrogens is 188 g/mol. The molecule has 1 atom stereocenters. The molecule has 0 aromatic rings. The molecule has 0 aliphatic heterocycles. The smallest absolute Gasteiger partial charge is 0.0919 e. The lowest BCUT2D eigenvalue weighted by Crippen LogP contribution is -1.87. The second kappa shape index (κ2) is 14.2. The number of hydrogen-bond acceptors (Lipinski definition) is 4. The van der Waals surface area contributed by atoms with Crippen LogP contribution in [0.5, 0.6) is 0 Å². The molecule has 1 unspecified atom stereocenters. The molecule has 0 amide bonds. The predicted molar refractivity (Wildman–Crippen MR) is 54.6 cm³/mol. The Bertz CT molecular complexity index is 314. The largest absolute Gasteiger partial charge is 0.198 e. The molecule has 0 aliphatic rings. The van der Waals surface area contributed by atoms with Gasteiger partial charge in [-0.15, -0.1) is 0 Å². The predicted octanol–water partition coefficient (Wildman–Crippen LogP) is 2.43. The van der Waals surface area contributed by atoms with Gasteiger partial charge in [-0.1, -0.05) is 0 Å². The molecular formula is C11H12N4. The van der Waals surface area contributed by atoms with Crippen LogP contribution in [0.4, 0.5) is 0 Å². The van der Waals surface area contributed by atoms with Crippen molar-refractivity contribution in [1.82, 2.24) is 0 Å². The van der Waals surface area contributed by atoms with Gasteiger partial charge in [-0.3, -0.25) is 0 Å². The van der Waals surface area contributed by atoms with Crippen LogP contribution in [-0.2, 0) is 0 Å². The Kier molecular flexibility index (Phi) is 14.4. The third-order valence-electron chi connectivity index (χ3n) is 1.38. The average Bonchev–Trinajstić information content (AvgIpc) is 2.27. The summed E-state index contributed by atoms with van der Waals surface area (Å²) >= 11 is 0. The summed E-state index contributed by atoms with van der Waals surface area (Å²) in [7, 11) is 0. The Morgan fingerprint density at radius 3 is 1.93 bits per heavy atom. The quantitative estimate of drug-likeness (QED) is 0.516. The van der Waals surface area contributed by atoms with Gasteiger partial charge in [0.15, 0.2) is 0 Å². The highest BCUT2D eigenvalue weighted by molar-refractivity contribution is 5.11. The Balaban J connectivity index is 0. The minimum atomic E-state index is 0.110. The molecule has 0 heterocycles. The van der Waals surface area contributed by atoms with E-state index in [0.717, 1.165) is 25.0 Å². The number of unbranched alkanes of at least 4 members (excludes halogenated alkanes) is 1. The number of nitriles is 4. The zero-order valence-corrected chi connectivity index (χ0v) is 8.64. The van der Waals surface area contributed by atoms with Crippen molar-refractivity contribution in [2.75, 3.05) is 0 Å². The highest BCUT2D eigenvalue weighted by Gasteiger charge is 1.96. The summed E-state index contributed by atoms with van der Waals surface area (Å²) in [5, 5.41) is 31.8. The van der Waals surface area contributed by atoms with E-state index in [1.165, 1.54) is 0 Å². The molecule has 0 aromatic heterocycles. The summed E-state index contributed by atoms with van der Waals surface area (Å²) in [6.45, 7) is 1.87. The average molecular weight is 200 g/mol. The first-order valence-corrected chi connectivity index (χ1v) is 4.43. The van der Waals surface area contributed by atoms with Crippen LogP contribution >= 0.6 is 0 Å². The summed E-state index contributed by atoms with van der Waals surface area (Å²) in [5.74, 6) is 0.110. The SMILES string of the molecule is CC(C#N)CCCC#N.N#C/C=C/C#N. The minimum Gasteiger partial charge on any atom is -0.198 e. The van der Waals surface area contributed by atoms with E-state index in [1.807, 2.05) is 13.0 Å². The van der Waals surface area contributed by atoms with E-state index < -0.39 is 0 Å². The van der Waals surface area contributed by atoms with Crippen LogP contribution in [0.1, 0.15) is 26.2 Å². The Labute approximate surface area is 90.3 Å². The van der Waals surface area contributed by atoms with Crippen molar-refractivity contribution in [3.05, 3.63) is 12.2 Å². The van der Waals surface area contributed by atoms with Gasteiger partial charge in [-0.25, -0.2) is 0 Å². The van der Waals surface area contributed by atoms with Crippen molar-refractivity contribution >= 4 is 0 Å². The molecule has 0 N–H and O–H groups in total. The molecule has 4 heteroatoms. The van der Waals surface area contributed by atoms with E-state index in [9.17, 15) is 0 Å². The fraction of sp³-hybridized carbons (Fsp3) is 0.455. The molecule has 0 radical (unpaired) electrons. The van der Waals surface area contributed by atoms with Gasteiger partial charge < -0.3 is 0 Å². The summed E-state index contributed by atoms with van der Waals surface area (Å²) in [5.41, 5.74) is 0. The van der Waals surface area contributed by atoms with Crippen LogP contribution in [0, 0.1) is 51.2 Å². The van der Waals surface area contributed by atoms with E-state index >= 15 is 0 Å². The van der Waals surface area contributed by atoms with Crippen LogP contribution in [0.2, 0.25) is 0 Å². The molecule has 0 aliphatic carbocycles. The van der Waals surface area contributed by atoms with Crippen molar-refractivity contribution in [3.63, 3.8) is 0 Å². The van der Waals surface area contributed by atoms with Crippen molar-refractivity contribution < 1.29 is 0 Å². The van der Waals surface area contributed by atoms with Crippen molar-refractivity contribution in [1.29, 1.82) is 21.0 Å². The highest BCUT2D eigenvalue weighted by Crippen LogP contribution is 2.04. The second-order valence-electron chi connectivity index (χ2n) is 2.67. The zero-order chi connectivity index (χ0) is 11.9. The summed E-state index contributed by atoms with van der Waals surface area (Å²) < 4.78 is 0. The van der Waals surface area contributed by atoms with Crippen molar-refractivity contribution in [2.24, 2.45) is 5.92 Å². The summed E-state index contributed by atoms with van der Waals surface area (Å²) in [6.07, 6.45) is 4.53. The number of hydrogen-bond donors (Lipinski definition) is 0. The third kappa shape index (κ3) is 18.6. The molecule has 15 heavy (non-hydrogen) atoms. The van der Waals surface area contributed by atoms with Gasteiger partial charge in [-0.05, 0) is 19.8 Å². The molecule has 0 aromatic carbocycles. The maximum atomic E-state index is 8.30. The maximum absolute atomic E-state index is 8.30. The Morgan fingerprint density at radius 1 is 1.07 bits per heavy atom. The van der Waals surface area contributed by atoms with E-state index in [0.29, 0.717) is 6.42 Å². The summed E-state index contributed by atoms with van der Waals surface area (Å²) in [6, 6.07) is 7.48. The number of rotatable bonds is 3. The normalized spacial score (nSPS) is 9.67. The zero-order valence-electron chi connectivity index (χ0n) is 8.64. The fourth-order valence-electron chi connectivity index (χ4n) is 0.626. The molecule has 76 valence electrons. The van der Waals surface area contributed by atoms with E-state index in [4.69, 9.17) is 21.0 Å². The molecule has 4 nitrogen and oxygen atoms in total. The van der Waals surface area contributed by atoms with Crippen LogP contribution in [0.25, 0.3) is 0 Å². The van der Waals surface area contributed by atoms with Crippen LogP contribution in [0.3, 0.4) is 0 Å². The van der Waals surface area contributed by atoms with E-state index in [1.54, 1.807) is 12.1 Å². The third-order valence-corrected chi connectivity index (χ3v) is 1.38. The van der Waals surface area contributed by atoms with E-state index in [2.05, 4.69) is 6.07 Å². The highest BCUT2D eigenvalue weighted by atomic mass is 14.3. The van der Waals surface area contributed by atoms with Crippen molar-refractivity contribution in [2.45, 2.75) is 26.2 Å².